The van der Waals surface area contributed by atoms with E-state index in [0.29, 0.717) is 13.0 Å². The fraction of sp³-hybridized carbons (Fsp3) is 0.364. The van der Waals surface area contributed by atoms with Gasteiger partial charge in [0.25, 0.3) is 0 Å². The molecule has 0 aliphatic heterocycles. The molecule has 6 heteroatoms. The number of amidine groups is 1. The molecule has 0 unspecified atom stereocenters. The number of hydrogen-bond donors (Lipinski definition) is 2. The molecule has 1 rings (SSSR count). The van der Waals surface area contributed by atoms with Crippen LogP contribution in [-0.2, 0) is 0 Å². The van der Waals surface area contributed by atoms with Crippen LogP contribution in [0.1, 0.15) is 19.3 Å². The first-order valence-corrected chi connectivity index (χ1v) is 7.49. The van der Waals surface area contributed by atoms with Crippen molar-refractivity contribution in [1.82, 2.24) is 0 Å². The second kappa shape index (κ2) is 7.38. The van der Waals surface area contributed by atoms with Gasteiger partial charge in [-0.25, -0.2) is 0 Å². The number of nitrogens with one attached hydrogen (secondary N) is 1. The number of benzene rings is 1. The molecule has 0 aliphatic carbocycles. The number of nitrogens with two attached hydrogens (primary N) is 1. The van der Waals surface area contributed by atoms with Crippen LogP contribution in [0.4, 0.5) is 0 Å². The fourth-order valence-corrected chi connectivity index (χ4v) is 3.75. The minimum atomic E-state index is 0.232. The molecule has 0 heterocycles. The summed E-state index contributed by atoms with van der Waals surface area (Å²) in [6.07, 6.45) is 2.39. The van der Waals surface area contributed by atoms with E-state index in [1.165, 1.54) is 0 Å². The summed E-state index contributed by atoms with van der Waals surface area (Å²) in [7, 11) is 0. The van der Waals surface area contributed by atoms with Gasteiger partial charge in [0.1, 0.15) is 5.75 Å². The van der Waals surface area contributed by atoms with Gasteiger partial charge in [-0.3, -0.25) is 5.41 Å². The minimum absolute atomic E-state index is 0.232. The second-order valence-corrected chi connectivity index (χ2v) is 6.15. The molecular weight excluding hydrogens is 416 g/mol. The Kier molecular flexibility index (Phi) is 6.51. The average Bonchev–Trinajstić information content (AvgIpc) is 2.20. The number of ether oxygens (including phenoxy) is 1. The fourth-order valence-electron chi connectivity index (χ4n) is 1.26. The summed E-state index contributed by atoms with van der Waals surface area (Å²) >= 11 is 10.3. The van der Waals surface area contributed by atoms with Gasteiger partial charge in [0.2, 0.25) is 0 Å². The molecule has 17 heavy (non-hydrogen) atoms. The van der Waals surface area contributed by atoms with Crippen molar-refractivity contribution in [2.75, 3.05) is 6.61 Å². The Morgan fingerprint density at radius 2 is 1.76 bits per heavy atom. The zero-order chi connectivity index (χ0) is 12.8. The van der Waals surface area contributed by atoms with E-state index in [1.54, 1.807) is 0 Å². The molecule has 0 saturated carbocycles. The molecule has 1 aromatic rings. The lowest BCUT2D eigenvalue weighted by atomic mass is 10.2. The highest BCUT2D eigenvalue weighted by Crippen LogP contribution is 2.36. The summed E-state index contributed by atoms with van der Waals surface area (Å²) in [5.41, 5.74) is 5.27. The van der Waals surface area contributed by atoms with Gasteiger partial charge in [-0.1, -0.05) is 15.9 Å². The molecule has 3 nitrogen and oxygen atoms in total. The van der Waals surface area contributed by atoms with Gasteiger partial charge in [0.15, 0.2) is 0 Å². The highest BCUT2D eigenvalue weighted by molar-refractivity contribution is 9.11. The van der Waals surface area contributed by atoms with Gasteiger partial charge in [-0.05, 0) is 56.8 Å². The molecule has 0 radical (unpaired) electrons. The van der Waals surface area contributed by atoms with Gasteiger partial charge in [-0.2, -0.15) is 0 Å². The Morgan fingerprint density at radius 1 is 1.18 bits per heavy atom. The Bertz CT molecular complexity index is 387. The van der Waals surface area contributed by atoms with Crippen molar-refractivity contribution in [2.45, 2.75) is 19.3 Å². The highest BCUT2D eigenvalue weighted by atomic mass is 79.9. The molecular formula is C11H13Br3N2O. The summed E-state index contributed by atoms with van der Waals surface area (Å²) in [6, 6.07) is 3.88. The SMILES string of the molecule is N=C(N)CCCCOc1c(Br)cc(Br)cc1Br. The van der Waals surface area contributed by atoms with Crippen molar-refractivity contribution in [3.8, 4) is 5.75 Å². The lowest BCUT2D eigenvalue weighted by molar-refractivity contribution is 0.304. The summed E-state index contributed by atoms with van der Waals surface area (Å²) in [6.45, 7) is 0.617. The third kappa shape index (κ3) is 5.40. The Labute approximate surface area is 126 Å². The van der Waals surface area contributed by atoms with Crippen molar-refractivity contribution < 1.29 is 4.74 Å². The van der Waals surface area contributed by atoms with E-state index in [9.17, 15) is 0 Å². The first-order chi connectivity index (χ1) is 8.00. The van der Waals surface area contributed by atoms with Gasteiger partial charge in [0.05, 0.1) is 21.4 Å². The maximum atomic E-state index is 7.10. The summed E-state index contributed by atoms with van der Waals surface area (Å²) in [5, 5.41) is 7.10. The largest absolute Gasteiger partial charge is 0.491 e. The van der Waals surface area contributed by atoms with E-state index in [0.717, 1.165) is 32.0 Å². The molecule has 0 atom stereocenters. The summed E-state index contributed by atoms with van der Waals surface area (Å²) < 4.78 is 8.48. The maximum Gasteiger partial charge on any atom is 0.147 e. The van der Waals surface area contributed by atoms with E-state index >= 15 is 0 Å². The highest BCUT2D eigenvalue weighted by Gasteiger charge is 2.07. The van der Waals surface area contributed by atoms with E-state index < -0.39 is 0 Å². The Hall–Kier alpha value is -0.0700. The third-order valence-corrected chi connectivity index (χ3v) is 3.69. The molecule has 0 saturated heterocycles. The zero-order valence-corrected chi connectivity index (χ0v) is 13.9. The van der Waals surface area contributed by atoms with Crippen molar-refractivity contribution in [2.24, 2.45) is 5.73 Å². The van der Waals surface area contributed by atoms with E-state index in [-0.39, 0.29) is 5.84 Å². The van der Waals surface area contributed by atoms with Crippen LogP contribution in [0.3, 0.4) is 0 Å². The van der Waals surface area contributed by atoms with E-state index in [1.807, 2.05) is 12.1 Å². The van der Waals surface area contributed by atoms with Crippen LogP contribution in [0.25, 0.3) is 0 Å². The van der Waals surface area contributed by atoms with Crippen molar-refractivity contribution >= 4 is 53.6 Å². The van der Waals surface area contributed by atoms with Gasteiger partial charge < -0.3 is 10.5 Å². The van der Waals surface area contributed by atoms with Crippen LogP contribution in [0, 0.1) is 5.41 Å². The number of unbranched alkanes of at least 4 members (excludes halogenated alkanes) is 1. The van der Waals surface area contributed by atoms with Crippen molar-refractivity contribution in [3.63, 3.8) is 0 Å². The van der Waals surface area contributed by atoms with Gasteiger partial charge in [0, 0.05) is 10.9 Å². The molecule has 0 bridgehead atoms. The topological polar surface area (TPSA) is 59.1 Å². The lowest BCUT2D eigenvalue weighted by Crippen LogP contribution is -2.09. The molecule has 0 aromatic heterocycles. The normalized spacial score (nSPS) is 10.3. The van der Waals surface area contributed by atoms with Gasteiger partial charge in [-0.15, -0.1) is 0 Å². The second-order valence-electron chi connectivity index (χ2n) is 3.53. The number of rotatable bonds is 6. The first kappa shape index (κ1) is 15.0. The van der Waals surface area contributed by atoms with Crippen LogP contribution in [0.5, 0.6) is 5.75 Å². The maximum absolute atomic E-state index is 7.10. The molecule has 1 aromatic carbocycles. The van der Waals surface area contributed by atoms with Crippen LogP contribution in [0.2, 0.25) is 0 Å². The van der Waals surface area contributed by atoms with E-state index in [4.69, 9.17) is 15.9 Å². The Balaban J connectivity index is 2.44. The molecule has 0 amide bonds. The van der Waals surface area contributed by atoms with Crippen LogP contribution in [-0.4, -0.2) is 12.4 Å². The monoisotopic (exact) mass is 426 g/mol. The van der Waals surface area contributed by atoms with Gasteiger partial charge >= 0.3 is 0 Å². The quantitative estimate of drug-likeness (QED) is 0.399. The predicted octanol–water partition coefficient (Wildman–Crippen LogP) is 4.46. The summed E-state index contributed by atoms with van der Waals surface area (Å²) in [4.78, 5) is 0. The smallest absolute Gasteiger partial charge is 0.147 e. The molecule has 0 aliphatic rings. The van der Waals surface area contributed by atoms with Crippen molar-refractivity contribution in [1.29, 1.82) is 5.41 Å². The van der Waals surface area contributed by atoms with E-state index in [2.05, 4.69) is 47.8 Å². The molecule has 0 spiro atoms. The average molecular weight is 429 g/mol. The molecule has 0 fully saturated rings. The molecule has 3 N–H and O–H groups in total. The van der Waals surface area contributed by atoms with Crippen LogP contribution >= 0.6 is 47.8 Å². The first-order valence-electron chi connectivity index (χ1n) is 5.11. The third-order valence-electron chi connectivity index (χ3n) is 2.05. The Morgan fingerprint density at radius 3 is 2.29 bits per heavy atom. The molecule has 94 valence electrons. The van der Waals surface area contributed by atoms with Crippen LogP contribution < -0.4 is 10.5 Å². The zero-order valence-electron chi connectivity index (χ0n) is 9.10. The number of halogens is 3. The number of hydrogen-bond acceptors (Lipinski definition) is 2. The van der Waals surface area contributed by atoms with Crippen LogP contribution in [0.15, 0.2) is 25.6 Å². The van der Waals surface area contributed by atoms with Crippen molar-refractivity contribution in [3.05, 3.63) is 25.6 Å². The summed E-state index contributed by atoms with van der Waals surface area (Å²) in [5.74, 6) is 1.03. The minimum Gasteiger partial charge on any atom is -0.491 e. The lowest BCUT2D eigenvalue weighted by Gasteiger charge is -2.10. The predicted molar refractivity (Wildman–Crippen MR) is 80.8 cm³/mol. The standard InChI is InChI=1S/C11H13Br3N2O/c12-7-5-8(13)11(9(14)6-7)17-4-2-1-3-10(15)16/h5-6H,1-4H2,(H3,15,16).